The molecule has 1 amide bonds. The van der Waals surface area contributed by atoms with E-state index in [-0.39, 0.29) is 11.9 Å². The van der Waals surface area contributed by atoms with Crippen LogP contribution >= 0.6 is 0 Å². The molecule has 5 heteroatoms. The molecular weight excluding hydrogens is 252 g/mol. The highest BCUT2D eigenvalue weighted by atomic mass is 16.1. The Bertz CT molecular complexity index is 616. The lowest BCUT2D eigenvalue weighted by Crippen LogP contribution is -2.24. The lowest BCUT2D eigenvalue weighted by molar-refractivity contribution is 0.0949. The first-order valence-electron chi connectivity index (χ1n) is 6.73. The zero-order chi connectivity index (χ0) is 14.7. The van der Waals surface area contributed by atoms with Gasteiger partial charge >= 0.3 is 0 Å². The van der Waals surface area contributed by atoms with Gasteiger partial charge in [-0.1, -0.05) is 6.07 Å². The summed E-state index contributed by atoms with van der Waals surface area (Å²) >= 11 is 0. The number of hydrogen-bond acceptors (Lipinski definition) is 3. The summed E-state index contributed by atoms with van der Waals surface area (Å²) in [5.74, 6) is -0.112. The highest BCUT2D eigenvalue weighted by Gasteiger charge is 2.15. The van der Waals surface area contributed by atoms with Gasteiger partial charge in [-0.15, -0.1) is 0 Å². The van der Waals surface area contributed by atoms with Crippen molar-refractivity contribution in [2.75, 3.05) is 0 Å². The first-order chi connectivity index (χ1) is 9.50. The van der Waals surface area contributed by atoms with E-state index in [1.807, 2.05) is 44.5 Å². The molecule has 0 aliphatic rings. The maximum Gasteiger partial charge on any atom is 0.255 e. The zero-order valence-electron chi connectivity index (χ0n) is 12.3. The first kappa shape index (κ1) is 14.2. The number of nitrogens with one attached hydrogen (secondary N) is 1. The van der Waals surface area contributed by atoms with E-state index in [0.717, 1.165) is 17.0 Å². The molecule has 0 radical (unpaired) electrons. The van der Waals surface area contributed by atoms with E-state index >= 15 is 0 Å². The minimum atomic E-state index is -0.112. The monoisotopic (exact) mass is 272 g/mol. The Hall–Kier alpha value is -2.17. The molecule has 2 aromatic rings. The van der Waals surface area contributed by atoms with Crippen molar-refractivity contribution in [3.8, 4) is 0 Å². The Balaban J connectivity index is 2.08. The Morgan fingerprint density at radius 1 is 1.40 bits per heavy atom. The Morgan fingerprint density at radius 2 is 2.15 bits per heavy atom. The van der Waals surface area contributed by atoms with Crippen molar-refractivity contribution in [1.29, 1.82) is 0 Å². The lowest BCUT2D eigenvalue weighted by atomic mass is 10.2. The van der Waals surface area contributed by atoms with Gasteiger partial charge < -0.3 is 5.32 Å². The second kappa shape index (κ2) is 5.86. The third-order valence-electron chi connectivity index (χ3n) is 3.31. The number of pyridine rings is 1. The van der Waals surface area contributed by atoms with Crippen molar-refractivity contribution in [2.24, 2.45) is 0 Å². The highest BCUT2D eigenvalue weighted by molar-refractivity contribution is 5.94. The smallest absolute Gasteiger partial charge is 0.255 e. The molecule has 0 aliphatic carbocycles. The maximum atomic E-state index is 12.2. The number of hydrogen-bond donors (Lipinski definition) is 1. The van der Waals surface area contributed by atoms with E-state index in [1.165, 1.54) is 0 Å². The van der Waals surface area contributed by atoms with Gasteiger partial charge in [-0.3, -0.25) is 14.5 Å². The van der Waals surface area contributed by atoms with Crippen LogP contribution in [0.5, 0.6) is 0 Å². The second-order valence-electron chi connectivity index (χ2n) is 5.13. The van der Waals surface area contributed by atoms with Gasteiger partial charge in [-0.05, 0) is 39.3 Å². The predicted molar refractivity (Wildman–Crippen MR) is 77.5 cm³/mol. The normalized spacial score (nSPS) is 10.8. The molecule has 0 fully saturated rings. The Kier molecular flexibility index (Phi) is 4.17. The molecule has 0 saturated heterocycles. The molecule has 2 heterocycles. The summed E-state index contributed by atoms with van der Waals surface area (Å²) in [7, 11) is 0. The molecular formula is C15H20N4O. The second-order valence-corrected chi connectivity index (χ2v) is 5.13. The van der Waals surface area contributed by atoms with Crippen LogP contribution in [0, 0.1) is 13.8 Å². The summed E-state index contributed by atoms with van der Waals surface area (Å²) in [4.78, 5) is 16.5. The van der Waals surface area contributed by atoms with Crippen LogP contribution in [-0.2, 0) is 6.54 Å². The number of amides is 1. The average Bonchev–Trinajstić information content (AvgIpc) is 2.79. The minimum absolute atomic E-state index is 0.112. The average molecular weight is 272 g/mol. The summed E-state index contributed by atoms with van der Waals surface area (Å²) in [5, 5.41) is 7.14. The van der Waals surface area contributed by atoms with Crippen molar-refractivity contribution in [2.45, 2.75) is 40.3 Å². The molecule has 0 unspecified atom stereocenters. The van der Waals surface area contributed by atoms with Crippen LogP contribution in [0.1, 0.15) is 47.2 Å². The number of rotatable bonds is 4. The topological polar surface area (TPSA) is 59.8 Å². The van der Waals surface area contributed by atoms with Crippen LogP contribution < -0.4 is 5.32 Å². The predicted octanol–water partition coefficient (Wildman–Crippen LogP) is 2.41. The lowest BCUT2D eigenvalue weighted by Gasteiger charge is -2.09. The molecule has 106 valence electrons. The van der Waals surface area contributed by atoms with E-state index < -0.39 is 0 Å². The first-order valence-corrected chi connectivity index (χ1v) is 6.73. The van der Waals surface area contributed by atoms with Crippen molar-refractivity contribution >= 4 is 5.91 Å². The number of aryl methyl sites for hydroxylation is 1. The van der Waals surface area contributed by atoms with Gasteiger partial charge in [-0.25, -0.2) is 0 Å². The quantitative estimate of drug-likeness (QED) is 0.929. The Morgan fingerprint density at radius 3 is 2.75 bits per heavy atom. The number of nitrogens with zero attached hydrogens (tertiary/aromatic N) is 3. The van der Waals surface area contributed by atoms with Crippen molar-refractivity contribution in [3.63, 3.8) is 0 Å². The molecule has 20 heavy (non-hydrogen) atoms. The summed E-state index contributed by atoms with van der Waals surface area (Å²) in [6, 6.07) is 4.11. The van der Waals surface area contributed by atoms with Gasteiger partial charge in [0.2, 0.25) is 0 Å². The largest absolute Gasteiger partial charge is 0.346 e. The van der Waals surface area contributed by atoms with E-state index in [2.05, 4.69) is 15.4 Å². The van der Waals surface area contributed by atoms with Crippen LogP contribution in [-0.4, -0.2) is 20.7 Å². The summed E-state index contributed by atoms with van der Waals surface area (Å²) in [6.45, 7) is 8.40. The fourth-order valence-electron chi connectivity index (χ4n) is 2.13. The zero-order valence-corrected chi connectivity index (χ0v) is 12.3. The van der Waals surface area contributed by atoms with Crippen molar-refractivity contribution in [3.05, 3.63) is 47.0 Å². The molecule has 1 N–H and O–H groups in total. The third kappa shape index (κ3) is 2.87. The van der Waals surface area contributed by atoms with Crippen LogP contribution in [0.25, 0.3) is 0 Å². The van der Waals surface area contributed by atoms with Crippen molar-refractivity contribution in [1.82, 2.24) is 20.1 Å². The van der Waals surface area contributed by atoms with Crippen LogP contribution in [0.4, 0.5) is 0 Å². The van der Waals surface area contributed by atoms with Gasteiger partial charge in [0.15, 0.2) is 0 Å². The van der Waals surface area contributed by atoms with Gasteiger partial charge in [0.05, 0.1) is 24.0 Å². The Labute approximate surface area is 119 Å². The molecule has 0 aliphatic heterocycles. The summed E-state index contributed by atoms with van der Waals surface area (Å²) < 4.78 is 1.85. The van der Waals surface area contributed by atoms with Crippen LogP contribution in [0.2, 0.25) is 0 Å². The summed E-state index contributed by atoms with van der Waals surface area (Å²) in [5.41, 5.74) is 3.46. The van der Waals surface area contributed by atoms with Gasteiger partial charge in [0.1, 0.15) is 0 Å². The van der Waals surface area contributed by atoms with E-state index in [4.69, 9.17) is 0 Å². The molecule has 2 rings (SSSR count). The highest BCUT2D eigenvalue weighted by Crippen LogP contribution is 2.13. The van der Waals surface area contributed by atoms with E-state index in [1.54, 1.807) is 12.4 Å². The fraction of sp³-hybridized carbons (Fsp3) is 0.400. The number of carbonyl (C=O) groups is 1. The number of aromatic nitrogens is 3. The molecule has 0 aromatic carbocycles. The number of carbonyl (C=O) groups excluding carboxylic acids is 1. The summed E-state index contributed by atoms with van der Waals surface area (Å²) in [6.07, 6.45) is 3.35. The van der Waals surface area contributed by atoms with E-state index in [0.29, 0.717) is 12.1 Å². The SMILES string of the molecule is Cc1cccnc1CNC(=O)c1cnn(C(C)C)c1C. The maximum absolute atomic E-state index is 12.2. The van der Waals surface area contributed by atoms with Crippen molar-refractivity contribution < 1.29 is 4.79 Å². The minimum Gasteiger partial charge on any atom is -0.346 e. The molecule has 5 nitrogen and oxygen atoms in total. The fourth-order valence-corrected chi connectivity index (χ4v) is 2.13. The standard InChI is InChI=1S/C15H20N4O/c1-10(2)19-12(4)13(8-18-19)15(20)17-9-14-11(3)6-5-7-16-14/h5-8,10H,9H2,1-4H3,(H,17,20). The van der Waals surface area contributed by atoms with Crippen LogP contribution in [0.3, 0.4) is 0 Å². The molecule has 2 aromatic heterocycles. The van der Waals surface area contributed by atoms with Gasteiger partial charge in [0.25, 0.3) is 5.91 Å². The van der Waals surface area contributed by atoms with Crippen LogP contribution in [0.15, 0.2) is 24.5 Å². The van der Waals surface area contributed by atoms with Gasteiger partial charge in [0, 0.05) is 17.9 Å². The molecule has 0 bridgehead atoms. The molecule has 0 atom stereocenters. The third-order valence-corrected chi connectivity index (χ3v) is 3.31. The van der Waals surface area contributed by atoms with E-state index in [9.17, 15) is 4.79 Å². The molecule has 0 saturated carbocycles. The van der Waals surface area contributed by atoms with Gasteiger partial charge in [-0.2, -0.15) is 5.10 Å². The molecule has 0 spiro atoms.